The number of carbonyl (C=O) groups excluding carboxylic acids is 2. The van der Waals surface area contributed by atoms with Crippen molar-refractivity contribution < 1.29 is 9.59 Å². The fourth-order valence-corrected chi connectivity index (χ4v) is 5.25. The maximum atomic E-state index is 13.7. The molecule has 2 amide bonds. The Labute approximate surface area is 195 Å². The van der Waals surface area contributed by atoms with Crippen molar-refractivity contribution in [1.82, 2.24) is 9.80 Å². The minimum atomic E-state index is -0.144. The number of carbonyl (C=O) groups is 2. The average Bonchev–Trinajstić information content (AvgIpc) is 2.88. The summed E-state index contributed by atoms with van der Waals surface area (Å²) in [6.45, 7) is 4.55. The van der Waals surface area contributed by atoms with Crippen molar-refractivity contribution in [2.45, 2.75) is 32.2 Å². The number of piperidine rings is 1. The van der Waals surface area contributed by atoms with E-state index in [4.69, 9.17) is 0 Å². The first kappa shape index (κ1) is 21.4. The molecule has 1 fully saturated rings. The SMILES string of the molecule is Cc1ccc(C(=O)N2CCCC(C(=O)N3Cc4ccccc4C(c4ccccc4)C3)C2)cc1. The van der Waals surface area contributed by atoms with Gasteiger partial charge < -0.3 is 9.80 Å². The molecular weight excluding hydrogens is 408 g/mol. The Kier molecular flexibility index (Phi) is 5.99. The third-order valence-corrected chi connectivity index (χ3v) is 7.06. The Bertz CT molecular complexity index is 1140. The lowest BCUT2D eigenvalue weighted by molar-refractivity contribution is -0.138. The van der Waals surface area contributed by atoms with Crippen molar-refractivity contribution in [3.63, 3.8) is 0 Å². The van der Waals surface area contributed by atoms with Crippen LogP contribution < -0.4 is 0 Å². The van der Waals surface area contributed by atoms with Crippen molar-refractivity contribution in [2.24, 2.45) is 5.92 Å². The van der Waals surface area contributed by atoms with Crippen LogP contribution in [0.1, 0.15) is 51.4 Å². The van der Waals surface area contributed by atoms with Gasteiger partial charge in [-0.2, -0.15) is 0 Å². The zero-order valence-corrected chi connectivity index (χ0v) is 19.1. The fourth-order valence-electron chi connectivity index (χ4n) is 5.25. The molecule has 5 rings (SSSR count). The first-order valence-electron chi connectivity index (χ1n) is 11.9. The molecule has 2 aliphatic rings. The van der Waals surface area contributed by atoms with E-state index in [1.54, 1.807) is 0 Å². The van der Waals surface area contributed by atoms with E-state index in [0.29, 0.717) is 31.7 Å². The lowest BCUT2D eigenvalue weighted by Crippen LogP contribution is -2.48. The number of hydrogen-bond donors (Lipinski definition) is 0. The molecule has 2 atom stereocenters. The molecule has 1 saturated heterocycles. The third kappa shape index (κ3) is 4.43. The van der Waals surface area contributed by atoms with Crippen LogP contribution in [0.5, 0.6) is 0 Å². The maximum absolute atomic E-state index is 13.7. The molecule has 2 unspecified atom stereocenters. The van der Waals surface area contributed by atoms with Crippen LogP contribution in [0.25, 0.3) is 0 Å². The number of nitrogens with zero attached hydrogens (tertiary/aromatic N) is 2. The van der Waals surface area contributed by atoms with Crippen LogP contribution in [0, 0.1) is 12.8 Å². The number of aryl methyl sites for hydroxylation is 1. The van der Waals surface area contributed by atoms with Crippen LogP contribution >= 0.6 is 0 Å². The summed E-state index contributed by atoms with van der Waals surface area (Å²) in [5.41, 5.74) is 5.60. The molecule has 0 bridgehead atoms. The van der Waals surface area contributed by atoms with Crippen LogP contribution in [0.2, 0.25) is 0 Å². The smallest absolute Gasteiger partial charge is 0.253 e. The highest BCUT2D eigenvalue weighted by molar-refractivity contribution is 5.94. The summed E-state index contributed by atoms with van der Waals surface area (Å²) in [7, 11) is 0. The summed E-state index contributed by atoms with van der Waals surface area (Å²) >= 11 is 0. The molecule has 168 valence electrons. The lowest BCUT2D eigenvalue weighted by Gasteiger charge is -2.39. The van der Waals surface area contributed by atoms with Crippen molar-refractivity contribution in [3.8, 4) is 0 Å². The lowest BCUT2D eigenvalue weighted by atomic mass is 9.84. The van der Waals surface area contributed by atoms with Gasteiger partial charge in [-0.15, -0.1) is 0 Å². The Hall–Kier alpha value is -3.40. The zero-order chi connectivity index (χ0) is 22.8. The second-order valence-corrected chi connectivity index (χ2v) is 9.34. The van der Waals surface area contributed by atoms with Gasteiger partial charge in [0.25, 0.3) is 5.91 Å². The largest absolute Gasteiger partial charge is 0.338 e. The van der Waals surface area contributed by atoms with Crippen molar-refractivity contribution in [1.29, 1.82) is 0 Å². The Balaban J connectivity index is 1.34. The second kappa shape index (κ2) is 9.22. The molecule has 2 heterocycles. The normalized spacial score (nSPS) is 20.3. The van der Waals surface area contributed by atoms with Crippen molar-refractivity contribution in [3.05, 3.63) is 107 Å². The number of fused-ring (bicyclic) bond motifs is 1. The number of likely N-dealkylation sites (tertiary alicyclic amines) is 1. The highest BCUT2D eigenvalue weighted by Crippen LogP contribution is 2.34. The molecule has 0 aromatic heterocycles. The predicted molar refractivity (Wildman–Crippen MR) is 130 cm³/mol. The van der Waals surface area contributed by atoms with Gasteiger partial charge in [0.15, 0.2) is 0 Å². The number of hydrogen-bond acceptors (Lipinski definition) is 2. The van der Waals surface area contributed by atoms with Gasteiger partial charge in [-0.1, -0.05) is 72.3 Å². The highest BCUT2D eigenvalue weighted by Gasteiger charge is 2.35. The Morgan fingerprint density at radius 3 is 2.33 bits per heavy atom. The second-order valence-electron chi connectivity index (χ2n) is 9.34. The van der Waals surface area contributed by atoms with Gasteiger partial charge in [0, 0.05) is 37.7 Å². The Morgan fingerprint density at radius 2 is 1.55 bits per heavy atom. The molecule has 4 nitrogen and oxygen atoms in total. The number of rotatable bonds is 3. The van der Waals surface area contributed by atoms with Crippen LogP contribution in [-0.4, -0.2) is 41.2 Å². The van der Waals surface area contributed by atoms with Crippen molar-refractivity contribution in [2.75, 3.05) is 19.6 Å². The molecule has 3 aromatic carbocycles. The molecule has 0 spiro atoms. The van der Waals surface area contributed by atoms with Gasteiger partial charge in [-0.05, 0) is 48.6 Å². The van der Waals surface area contributed by atoms with Crippen LogP contribution in [-0.2, 0) is 11.3 Å². The summed E-state index contributed by atoms with van der Waals surface area (Å²) in [5.74, 6) is 0.231. The summed E-state index contributed by atoms with van der Waals surface area (Å²) in [6.07, 6.45) is 1.70. The summed E-state index contributed by atoms with van der Waals surface area (Å²) in [4.78, 5) is 30.6. The van der Waals surface area contributed by atoms with E-state index in [9.17, 15) is 9.59 Å². The number of benzene rings is 3. The molecule has 4 heteroatoms. The summed E-state index contributed by atoms with van der Waals surface area (Å²) < 4.78 is 0. The van der Waals surface area contributed by atoms with Gasteiger partial charge in [0.2, 0.25) is 5.91 Å². The van der Waals surface area contributed by atoms with Crippen LogP contribution in [0.3, 0.4) is 0 Å². The van der Waals surface area contributed by atoms with Gasteiger partial charge in [-0.3, -0.25) is 9.59 Å². The highest BCUT2D eigenvalue weighted by atomic mass is 16.2. The quantitative estimate of drug-likeness (QED) is 0.576. The molecule has 0 saturated carbocycles. The topological polar surface area (TPSA) is 40.6 Å². The van der Waals surface area contributed by atoms with Crippen LogP contribution in [0.4, 0.5) is 0 Å². The monoisotopic (exact) mass is 438 g/mol. The first-order valence-corrected chi connectivity index (χ1v) is 11.9. The van der Waals surface area contributed by atoms with E-state index in [1.807, 2.05) is 47.1 Å². The number of amides is 2. The van der Waals surface area contributed by atoms with Gasteiger partial charge >= 0.3 is 0 Å². The van der Waals surface area contributed by atoms with Crippen LogP contribution in [0.15, 0.2) is 78.9 Å². The van der Waals surface area contributed by atoms with Gasteiger partial charge in [-0.25, -0.2) is 0 Å². The fraction of sp³-hybridized carbons (Fsp3) is 0.310. The molecule has 0 N–H and O–H groups in total. The molecule has 0 aliphatic carbocycles. The molecule has 3 aromatic rings. The summed E-state index contributed by atoms with van der Waals surface area (Å²) in [5, 5.41) is 0. The summed E-state index contributed by atoms with van der Waals surface area (Å²) in [6, 6.07) is 26.6. The standard InChI is InChI=1S/C29H30N2O2/c1-21-13-15-23(16-14-21)28(32)30-17-7-11-25(19-30)29(33)31-18-24-10-5-6-12-26(24)27(20-31)22-8-3-2-4-9-22/h2-6,8-10,12-16,25,27H,7,11,17-20H2,1H3. The maximum Gasteiger partial charge on any atom is 0.253 e. The van der Waals surface area contributed by atoms with E-state index in [0.717, 1.165) is 18.4 Å². The van der Waals surface area contributed by atoms with E-state index >= 15 is 0 Å². The minimum Gasteiger partial charge on any atom is -0.338 e. The first-order chi connectivity index (χ1) is 16.1. The van der Waals surface area contributed by atoms with Crippen molar-refractivity contribution >= 4 is 11.8 Å². The molecular formula is C29H30N2O2. The average molecular weight is 439 g/mol. The predicted octanol–water partition coefficient (Wildman–Crippen LogP) is 5.02. The van der Waals surface area contributed by atoms with E-state index in [1.165, 1.54) is 16.7 Å². The molecule has 0 radical (unpaired) electrons. The van der Waals surface area contributed by atoms with E-state index in [2.05, 4.69) is 48.5 Å². The Morgan fingerprint density at radius 1 is 0.818 bits per heavy atom. The van der Waals surface area contributed by atoms with E-state index < -0.39 is 0 Å². The zero-order valence-electron chi connectivity index (χ0n) is 19.1. The van der Waals surface area contributed by atoms with Gasteiger partial charge in [0.05, 0.1) is 5.92 Å². The molecule has 33 heavy (non-hydrogen) atoms. The molecule has 2 aliphatic heterocycles. The van der Waals surface area contributed by atoms with E-state index in [-0.39, 0.29) is 23.7 Å². The van der Waals surface area contributed by atoms with Gasteiger partial charge in [0.1, 0.15) is 0 Å². The third-order valence-electron chi connectivity index (χ3n) is 7.06. The minimum absolute atomic E-state index is 0.0265.